The van der Waals surface area contributed by atoms with E-state index in [1.165, 1.54) is 26.4 Å². The van der Waals surface area contributed by atoms with Crippen molar-refractivity contribution in [2.24, 2.45) is 0 Å². The molecule has 1 aromatic carbocycles. The Morgan fingerprint density at radius 1 is 1.05 bits per heavy atom. The SMILES string of the molecule is COC(=O)[C@H](Cc1cnc(C2CCCCC2)[nH]1)NC(=O)[C@H](Cc1c[nH]c2ccccc12)NC(=O)OC(C)(C)C. The first kappa shape index (κ1) is 28.2. The lowest BCUT2D eigenvalue weighted by Gasteiger charge is -2.25. The summed E-state index contributed by atoms with van der Waals surface area (Å²) in [5.41, 5.74) is 1.77. The zero-order chi connectivity index (χ0) is 28.0. The van der Waals surface area contributed by atoms with Gasteiger partial charge >= 0.3 is 12.1 Å². The molecule has 2 atom stereocenters. The van der Waals surface area contributed by atoms with E-state index >= 15 is 0 Å². The summed E-state index contributed by atoms with van der Waals surface area (Å²) in [6.07, 6.45) is 8.99. The van der Waals surface area contributed by atoms with E-state index < -0.39 is 35.7 Å². The van der Waals surface area contributed by atoms with Crippen molar-refractivity contribution in [2.75, 3.05) is 7.11 Å². The molecule has 0 saturated heterocycles. The number of carbonyl (C=O) groups is 3. The Morgan fingerprint density at radius 2 is 1.79 bits per heavy atom. The minimum Gasteiger partial charge on any atom is -0.467 e. The van der Waals surface area contributed by atoms with Crippen LogP contribution in [0.4, 0.5) is 4.79 Å². The minimum atomic E-state index is -0.995. The first-order valence-electron chi connectivity index (χ1n) is 13.6. The summed E-state index contributed by atoms with van der Waals surface area (Å²) in [7, 11) is 1.28. The maximum Gasteiger partial charge on any atom is 0.408 e. The van der Waals surface area contributed by atoms with E-state index in [-0.39, 0.29) is 12.8 Å². The molecule has 2 heterocycles. The zero-order valence-electron chi connectivity index (χ0n) is 23.1. The summed E-state index contributed by atoms with van der Waals surface area (Å²) in [6.45, 7) is 5.25. The Labute approximate surface area is 228 Å². The predicted octanol–water partition coefficient (Wildman–Crippen LogP) is 4.28. The highest BCUT2D eigenvalue weighted by Crippen LogP contribution is 2.31. The van der Waals surface area contributed by atoms with E-state index in [1.807, 2.05) is 30.5 Å². The number of aromatic nitrogens is 3. The average molecular weight is 538 g/mol. The number of carbonyl (C=O) groups excluding carboxylic acids is 3. The minimum absolute atomic E-state index is 0.185. The van der Waals surface area contributed by atoms with Crippen LogP contribution in [-0.4, -0.2) is 57.7 Å². The van der Waals surface area contributed by atoms with Crippen molar-refractivity contribution in [3.8, 4) is 0 Å². The molecule has 10 heteroatoms. The number of methoxy groups -OCH3 is 1. The number of rotatable bonds is 9. The third-order valence-corrected chi connectivity index (χ3v) is 6.97. The number of amides is 2. The number of ether oxygens (including phenoxy) is 2. The summed E-state index contributed by atoms with van der Waals surface area (Å²) in [5.74, 6) is 0.203. The summed E-state index contributed by atoms with van der Waals surface area (Å²) in [5, 5.41) is 6.43. The number of imidazole rings is 1. The molecule has 0 aliphatic heterocycles. The van der Waals surface area contributed by atoms with Gasteiger partial charge in [-0.15, -0.1) is 0 Å². The van der Waals surface area contributed by atoms with E-state index in [0.717, 1.165) is 40.8 Å². The summed E-state index contributed by atoms with van der Waals surface area (Å²) >= 11 is 0. The lowest BCUT2D eigenvalue weighted by atomic mass is 9.89. The van der Waals surface area contributed by atoms with Crippen LogP contribution >= 0.6 is 0 Å². The highest BCUT2D eigenvalue weighted by atomic mass is 16.6. The number of nitrogens with one attached hydrogen (secondary N) is 4. The largest absolute Gasteiger partial charge is 0.467 e. The molecule has 4 rings (SSSR count). The summed E-state index contributed by atoms with van der Waals surface area (Å²) < 4.78 is 10.4. The molecule has 0 spiro atoms. The van der Waals surface area contributed by atoms with E-state index in [2.05, 4.69) is 25.6 Å². The number of para-hydroxylation sites is 1. The monoisotopic (exact) mass is 537 g/mol. The predicted molar refractivity (Wildman–Crippen MR) is 147 cm³/mol. The van der Waals surface area contributed by atoms with Gasteiger partial charge < -0.3 is 30.1 Å². The number of H-pyrrole nitrogens is 2. The number of esters is 1. The van der Waals surface area contributed by atoms with Gasteiger partial charge in [-0.1, -0.05) is 37.5 Å². The Bertz CT molecular complexity index is 1280. The molecule has 2 aromatic heterocycles. The highest BCUT2D eigenvalue weighted by Gasteiger charge is 2.30. The van der Waals surface area contributed by atoms with Gasteiger partial charge in [0.25, 0.3) is 0 Å². The Hall–Kier alpha value is -3.82. The molecule has 4 N–H and O–H groups in total. The van der Waals surface area contributed by atoms with E-state index in [0.29, 0.717) is 5.92 Å². The van der Waals surface area contributed by atoms with Crippen LogP contribution in [0.2, 0.25) is 0 Å². The maximum absolute atomic E-state index is 13.6. The van der Waals surface area contributed by atoms with Crippen LogP contribution in [-0.2, 0) is 31.9 Å². The lowest BCUT2D eigenvalue weighted by molar-refractivity contribution is -0.145. The molecule has 1 saturated carbocycles. The van der Waals surface area contributed by atoms with Gasteiger partial charge in [-0.25, -0.2) is 14.6 Å². The maximum atomic E-state index is 13.6. The Morgan fingerprint density at radius 3 is 2.51 bits per heavy atom. The number of nitrogens with zero attached hydrogens (tertiary/aromatic N) is 1. The van der Waals surface area contributed by atoms with Crippen molar-refractivity contribution < 1.29 is 23.9 Å². The molecular formula is C29H39N5O5. The second kappa shape index (κ2) is 12.4. The van der Waals surface area contributed by atoms with Crippen LogP contribution in [0.5, 0.6) is 0 Å². The molecule has 10 nitrogen and oxygen atoms in total. The number of aromatic amines is 2. The number of hydrogen-bond acceptors (Lipinski definition) is 6. The first-order valence-corrected chi connectivity index (χ1v) is 13.6. The number of fused-ring (bicyclic) bond motifs is 1. The van der Waals surface area contributed by atoms with Crippen LogP contribution < -0.4 is 10.6 Å². The molecule has 0 bridgehead atoms. The van der Waals surface area contributed by atoms with E-state index in [1.54, 1.807) is 27.0 Å². The third kappa shape index (κ3) is 7.61. The van der Waals surface area contributed by atoms with Gasteiger partial charge in [0.05, 0.1) is 7.11 Å². The van der Waals surface area contributed by atoms with Crippen LogP contribution in [0, 0.1) is 0 Å². The summed E-state index contributed by atoms with van der Waals surface area (Å²) in [4.78, 5) is 50.0. The number of benzene rings is 1. The molecule has 3 aromatic rings. The number of hydrogen-bond donors (Lipinski definition) is 4. The van der Waals surface area contributed by atoms with E-state index in [4.69, 9.17) is 9.47 Å². The van der Waals surface area contributed by atoms with Gasteiger partial charge in [0.2, 0.25) is 5.91 Å². The molecule has 1 fully saturated rings. The number of alkyl carbamates (subject to hydrolysis) is 1. The van der Waals surface area contributed by atoms with Gasteiger partial charge in [0, 0.05) is 47.8 Å². The van der Waals surface area contributed by atoms with Gasteiger partial charge in [-0.05, 0) is 45.2 Å². The fourth-order valence-corrected chi connectivity index (χ4v) is 5.07. The lowest BCUT2D eigenvalue weighted by Crippen LogP contribution is -2.54. The molecule has 0 radical (unpaired) electrons. The molecule has 1 aliphatic rings. The second-order valence-electron chi connectivity index (χ2n) is 11.2. The molecular weight excluding hydrogens is 498 g/mol. The van der Waals surface area contributed by atoms with Gasteiger partial charge in [0.1, 0.15) is 23.5 Å². The summed E-state index contributed by atoms with van der Waals surface area (Å²) in [6, 6.07) is 5.76. The molecule has 39 heavy (non-hydrogen) atoms. The second-order valence-corrected chi connectivity index (χ2v) is 11.2. The fraction of sp³-hybridized carbons (Fsp3) is 0.517. The van der Waals surface area contributed by atoms with E-state index in [9.17, 15) is 14.4 Å². The highest BCUT2D eigenvalue weighted by molar-refractivity contribution is 5.91. The fourth-order valence-electron chi connectivity index (χ4n) is 5.07. The zero-order valence-corrected chi connectivity index (χ0v) is 23.1. The topological polar surface area (TPSA) is 138 Å². The molecule has 1 aliphatic carbocycles. The van der Waals surface area contributed by atoms with Gasteiger partial charge in [-0.3, -0.25) is 4.79 Å². The first-order chi connectivity index (χ1) is 18.6. The third-order valence-electron chi connectivity index (χ3n) is 6.97. The van der Waals surface area contributed by atoms with Crippen molar-refractivity contribution in [1.29, 1.82) is 0 Å². The molecule has 0 unspecified atom stereocenters. The standard InChI is InChI=1S/C29H39N5O5/c1-29(2,3)39-28(37)34-23(14-19-16-30-22-13-9-8-12-21(19)22)26(35)33-24(27(36)38-4)15-20-17-31-25(32-20)18-10-6-5-7-11-18/h8-9,12-13,16-18,23-24,30H,5-7,10-11,14-15H2,1-4H3,(H,31,32)(H,33,35)(H,34,37)/t23-,24-/m0/s1. The smallest absolute Gasteiger partial charge is 0.408 e. The normalized spacial score (nSPS) is 15.9. The van der Waals surface area contributed by atoms with Crippen LogP contribution in [0.25, 0.3) is 10.9 Å². The van der Waals surface area contributed by atoms with Crippen molar-refractivity contribution in [2.45, 2.75) is 89.3 Å². The van der Waals surface area contributed by atoms with Crippen LogP contribution in [0.15, 0.2) is 36.7 Å². The van der Waals surface area contributed by atoms with Crippen LogP contribution in [0.1, 0.15) is 75.9 Å². The Kier molecular flexibility index (Phi) is 8.93. The average Bonchev–Trinajstić information content (AvgIpc) is 3.54. The van der Waals surface area contributed by atoms with Crippen LogP contribution in [0.3, 0.4) is 0 Å². The van der Waals surface area contributed by atoms with Crippen molar-refractivity contribution in [3.05, 3.63) is 53.7 Å². The van der Waals surface area contributed by atoms with Crippen molar-refractivity contribution in [1.82, 2.24) is 25.6 Å². The van der Waals surface area contributed by atoms with Crippen molar-refractivity contribution in [3.63, 3.8) is 0 Å². The Balaban J connectivity index is 1.51. The van der Waals surface area contributed by atoms with Gasteiger partial charge in [0.15, 0.2) is 0 Å². The quantitative estimate of drug-likeness (QED) is 0.301. The van der Waals surface area contributed by atoms with Crippen molar-refractivity contribution >= 4 is 28.9 Å². The van der Waals surface area contributed by atoms with Gasteiger partial charge in [-0.2, -0.15) is 0 Å². The molecule has 2 amide bonds. The molecule has 210 valence electrons.